The quantitative estimate of drug-likeness (QED) is 0.414. The highest BCUT2D eigenvalue weighted by Crippen LogP contribution is 2.34. The summed E-state index contributed by atoms with van der Waals surface area (Å²) in [5.74, 6) is 0.365. The number of carbonyl (C=O) groups excluding carboxylic acids is 1. The van der Waals surface area contributed by atoms with Crippen molar-refractivity contribution in [1.29, 1.82) is 0 Å². The van der Waals surface area contributed by atoms with E-state index in [-0.39, 0.29) is 34.8 Å². The predicted molar refractivity (Wildman–Crippen MR) is 151 cm³/mol. The van der Waals surface area contributed by atoms with E-state index in [1.54, 1.807) is 32.2 Å². The minimum Gasteiger partial charge on any atom is -0.385 e. The smallest absolute Gasteiger partial charge is 0.244 e. The van der Waals surface area contributed by atoms with Crippen molar-refractivity contribution in [2.75, 3.05) is 39.9 Å². The Balaban J connectivity index is 1.34. The van der Waals surface area contributed by atoms with Gasteiger partial charge in [-0.25, -0.2) is 13.4 Å². The van der Waals surface area contributed by atoms with E-state index in [1.165, 1.54) is 4.31 Å². The summed E-state index contributed by atoms with van der Waals surface area (Å²) in [6.07, 6.45) is 2.65. The van der Waals surface area contributed by atoms with Gasteiger partial charge < -0.3 is 19.9 Å². The molecule has 0 unspecified atom stereocenters. The van der Waals surface area contributed by atoms with Crippen molar-refractivity contribution in [2.24, 2.45) is 11.7 Å². The first kappa shape index (κ1) is 28.0. The Labute approximate surface area is 234 Å². The molecule has 2 aliphatic rings. The maximum atomic E-state index is 13.8. The van der Waals surface area contributed by atoms with Crippen molar-refractivity contribution in [3.05, 3.63) is 58.9 Å². The molecule has 2 aromatic carbocycles. The average Bonchev–Trinajstić information content (AvgIpc) is 3.49. The normalized spacial score (nSPS) is 22.6. The molecule has 5 rings (SSSR count). The molecule has 2 saturated heterocycles. The number of aromatic nitrogens is 2. The number of para-hydroxylation sites is 2. The highest BCUT2D eigenvalue weighted by atomic mass is 35.5. The van der Waals surface area contributed by atoms with Crippen LogP contribution in [0.1, 0.15) is 36.6 Å². The first-order chi connectivity index (χ1) is 18.7. The topological polar surface area (TPSA) is 111 Å². The molecule has 2 N–H and O–H groups in total. The van der Waals surface area contributed by atoms with E-state index in [1.807, 2.05) is 23.1 Å². The summed E-state index contributed by atoms with van der Waals surface area (Å²) in [7, 11) is -2.19. The second-order valence-corrected chi connectivity index (χ2v) is 12.8. The van der Waals surface area contributed by atoms with Gasteiger partial charge in [0.05, 0.1) is 22.0 Å². The molecule has 2 fully saturated rings. The van der Waals surface area contributed by atoms with Crippen molar-refractivity contribution in [3.8, 4) is 0 Å². The van der Waals surface area contributed by atoms with Crippen molar-refractivity contribution >= 4 is 38.6 Å². The Morgan fingerprint density at radius 1 is 1.15 bits per heavy atom. The van der Waals surface area contributed by atoms with Crippen LogP contribution in [0.15, 0.2) is 47.4 Å². The van der Waals surface area contributed by atoms with Crippen molar-refractivity contribution in [3.63, 3.8) is 0 Å². The Kier molecular flexibility index (Phi) is 8.30. The lowest BCUT2D eigenvalue weighted by Crippen LogP contribution is -2.47. The number of hydrogen-bond donors (Lipinski definition) is 1. The van der Waals surface area contributed by atoms with Crippen LogP contribution in [0.2, 0.25) is 5.02 Å². The van der Waals surface area contributed by atoms with Gasteiger partial charge in [-0.2, -0.15) is 4.31 Å². The SMILES string of the molecule is COCCCn1c([C@@H]2CCCN(C(=O)[C@@H]3CN(S(=O)(=O)c4c(C)cccc4Cl)C[C@H]3N)C2)nc2ccccc21. The number of rotatable bonds is 8. The fourth-order valence-corrected chi connectivity index (χ4v) is 8.24. The van der Waals surface area contributed by atoms with E-state index in [9.17, 15) is 13.2 Å². The molecular formula is C28H36ClN5O4S. The molecule has 0 aliphatic carbocycles. The number of methoxy groups -OCH3 is 1. The van der Waals surface area contributed by atoms with E-state index < -0.39 is 22.0 Å². The number of fused-ring (bicyclic) bond motifs is 1. The van der Waals surface area contributed by atoms with Gasteiger partial charge in [0.2, 0.25) is 15.9 Å². The van der Waals surface area contributed by atoms with Gasteiger partial charge in [0.15, 0.2) is 0 Å². The van der Waals surface area contributed by atoms with Crippen molar-refractivity contribution in [2.45, 2.75) is 49.6 Å². The number of amides is 1. The minimum atomic E-state index is -3.89. The molecule has 39 heavy (non-hydrogen) atoms. The molecule has 3 heterocycles. The number of imidazole rings is 1. The summed E-state index contributed by atoms with van der Waals surface area (Å²) >= 11 is 6.28. The van der Waals surface area contributed by atoms with Crippen LogP contribution in [0.25, 0.3) is 11.0 Å². The third-order valence-electron chi connectivity index (χ3n) is 7.92. The maximum Gasteiger partial charge on any atom is 0.244 e. The van der Waals surface area contributed by atoms with E-state index >= 15 is 0 Å². The van der Waals surface area contributed by atoms with Crippen LogP contribution < -0.4 is 5.73 Å². The number of ether oxygens (including phenoxy) is 1. The van der Waals surface area contributed by atoms with Crippen LogP contribution in [-0.4, -0.2) is 79.0 Å². The second kappa shape index (κ2) is 11.5. The molecule has 3 atom stereocenters. The number of nitrogens with zero attached hydrogens (tertiary/aromatic N) is 4. The number of carbonyl (C=O) groups is 1. The van der Waals surface area contributed by atoms with Gasteiger partial charge in [0.25, 0.3) is 0 Å². The van der Waals surface area contributed by atoms with Gasteiger partial charge in [-0.3, -0.25) is 4.79 Å². The van der Waals surface area contributed by atoms with Gasteiger partial charge in [-0.05, 0) is 49.9 Å². The Morgan fingerprint density at radius 3 is 2.72 bits per heavy atom. The molecule has 0 saturated carbocycles. The number of likely N-dealkylation sites (tertiary alicyclic amines) is 1. The number of halogens is 1. The number of sulfonamides is 1. The monoisotopic (exact) mass is 573 g/mol. The van der Waals surface area contributed by atoms with E-state index in [0.717, 1.165) is 42.7 Å². The second-order valence-electron chi connectivity index (χ2n) is 10.6. The molecule has 2 aliphatic heterocycles. The molecule has 0 radical (unpaired) electrons. The predicted octanol–water partition coefficient (Wildman–Crippen LogP) is 3.39. The van der Waals surface area contributed by atoms with Gasteiger partial charge in [-0.15, -0.1) is 0 Å². The number of aryl methyl sites for hydroxylation is 2. The minimum absolute atomic E-state index is 0.0453. The fourth-order valence-electron chi connectivity index (χ4n) is 5.95. The highest BCUT2D eigenvalue weighted by molar-refractivity contribution is 7.89. The molecule has 210 valence electrons. The van der Waals surface area contributed by atoms with Crippen LogP contribution in [0.5, 0.6) is 0 Å². The maximum absolute atomic E-state index is 13.8. The zero-order valence-electron chi connectivity index (χ0n) is 22.4. The van der Waals surface area contributed by atoms with Crippen molar-refractivity contribution in [1.82, 2.24) is 18.8 Å². The summed E-state index contributed by atoms with van der Waals surface area (Å²) in [4.78, 5) is 20.7. The zero-order chi connectivity index (χ0) is 27.7. The molecule has 1 amide bonds. The van der Waals surface area contributed by atoms with Gasteiger partial charge in [0.1, 0.15) is 10.7 Å². The molecular weight excluding hydrogens is 538 g/mol. The standard InChI is InChI=1S/C28H36ClN5O4S/c1-19-8-5-10-22(29)26(19)39(36,37)33-17-21(23(30)18-33)28(35)32-13-6-9-20(16-32)27-31-24-11-3-4-12-25(24)34(27)14-7-15-38-2/h3-5,8,10-12,20-21,23H,6-7,9,13-18,30H2,1-2H3/t20-,21-,23-/m1/s1. The zero-order valence-corrected chi connectivity index (χ0v) is 24.0. The summed E-state index contributed by atoms with van der Waals surface area (Å²) in [6.45, 7) is 4.45. The van der Waals surface area contributed by atoms with Gasteiger partial charge >= 0.3 is 0 Å². The molecule has 0 bridgehead atoms. The number of benzene rings is 2. The summed E-state index contributed by atoms with van der Waals surface area (Å²) in [5, 5.41) is 0.172. The first-order valence-electron chi connectivity index (χ1n) is 13.5. The molecule has 11 heteroatoms. The van der Waals surface area contributed by atoms with Gasteiger partial charge in [0, 0.05) is 58.4 Å². The third kappa shape index (κ3) is 5.45. The van der Waals surface area contributed by atoms with E-state index in [4.69, 9.17) is 27.1 Å². The summed E-state index contributed by atoms with van der Waals surface area (Å²) in [5.41, 5.74) is 9.00. The molecule has 9 nitrogen and oxygen atoms in total. The highest BCUT2D eigenvalue weighted by Gasteiger charge is 2.44. The molecule has 3 aromatic rings. The van der Waals surface area contributed by atoms with E-state index in [0.29, 0.717) is 25.3 Å². The lowest BCUT2D eigenvalue weighted by molar-refractivity contribution is -0.136. The number of piperidine rings is 1. The Morgan fingerprint density at radius 2 is 1.95 bits per heavy atom. The first-order valence-corrected chi connectivity index (χ1v) is 15.3. The lowest BCUT2D eigenvalue weighted by Gasteiger charge is -2.35. The summed E-state index contributed by atoms with van der Waals surface area (Å²) < 4.78 is 35.8. The van der Waals surface area contributed by atoms with Crippen LogP contribution in [0, 0.1) is 12.8 Å². The number of hydrogen-bond acceptors (Lipinski definition) is 6. The van der Waals surface area contributed by atoms with Crippen LogP contribution >= 0.6 is 11.6 Å². The van der Waals surface area contributed by atoms with Gasteiger partial charge in [-0.1, -0.05) is 35.9 Å². The van der Waals surface area contributed by atoms with Crippen LogP contribution in [0.3, 0.4) is 0 Å². The molecule has 0 spiro atoms. The Bertz CT molecular complexity index is 1440. The fraction of sp³-hybridized carbons (Fsp3) is 0.500. The number of nitrogens with two attached hydrogens (primary N) is 1. The third-order valence-corrected chi connectivity index (χ3v) is 10.4. The van der Waals surface area contributed by atoms with Crippen molar-refractivity contribution < 1.29 is 17.9 Å². The molecule has 1 aromatic heterocycles. The van der Waals surface area contributed by atoms with E-state index in [2.05, 4.69) is 10.6 Å². The lowest BCUT2D eigenvalue weighted by atomic mass is 9.94. The average molecular weight is 574 g/mol. The largest absolute Gasteiger partial charge is 0.385 e. The van der Waals surface area contributed by atoms with Crippen LogP contribution in [-0.2, 0) is 26.1 Å². The summed E-state index contributed by atoms with van der Waals surface area (Å²) in [6, 6.07) is 12.5. The van der Waals surface area contributed by atoms with Crippen LogP contribution in [0.4, 0.5) is 0 Å². The Hall–Kier alpha value is -2.50.